The van der Waals surface area contributed by atoms with Gasteiger partial charge in [0.1, 0.15) is 5.54 Å². The number of hydrogen-bond donors (Lipinski definition) is 2. The molecule has 1 aliphatic heterocycles. The fraction of sp³-hybridized carbons (Fsp3) is 0.929. The Balaban J connectivity index is 2.08. The number of rotatable bonds is 8. The summed E-state index contributed by atoms with van der Waals surface area (Å²) in [7, 11) is 0. The topological polar surface area (TPSA) is 58.6 Å². The molecule has 0 spiro atoms. The third-order valence-corrected chi connectivity index (χ3v) is 4.07. The van der Waals surface area contributed by atoms with Crippen LogP contribution in [0, 0.1) is 5.92 Å². The van der Waals surface area contributed by atoms with Crippen LogP contribution in [0.15, 0.2) is 0 Å². The van der Waals surface area contributed by atoms with Crippen LogP contribution < -0.4 is 5.32 Å². The van der Waals surface area contributed by atoms with Crippen LogP contribution in [-0.4, -0.2) is 36.4 Å². The minimum absolute atomic E-state index is 0.613. The van der Waals surface area contributed by atoms with Crippen LogP contribution in [0.4, 0.5) is 0 Å². The summed E-state index contributed by atoms with van der Waals surface area (Å²) in [5.41, 5.74) is -0.765. The Hall–Kier alpha value is -0.610. The molecule has 0 aromatic rings. The smallest absolute Gasteiger partial charge is 0.323 e. The summed E-state index contributed by atoms with van der Waals surface area (Å²) in [6.45, 7) is 6.28. The van der Waals surface area contributed by atoms with Gasteiger partial charge in [-0.3, -0.25) is 4.79 Å². The largest absolute Gasteiger partial charge is 0.480 e. The van der Waals surface area contributed by atoms with Gasteiger partial charge in [0.05, 0.1) is 0 Å². The Morgan fingerprint density at radius 1 is 1.39 bits per heavy atom. The summed E-state index contributed by atoms with van der Waals surface area (Å²) in [6, 6.07) is 0. The first-order chi connectivity index (χ1) is 8.58. The molecule has 1 fully saturated rings. The van der Waals surface area contributed by atoms with E-state index in [-0.39, 0.29) is 0 Å². The Labute approximate surface area is 110 Å². The second-order valence-corrected chi connectivity index (χ2v) is 5.47. The molecule has 0 aliphatic carbocycles. The van der Waals surface area contributed by atoms with Gasteiger partial charge in [-0.05, 0) is 45.1 Å². The Morgan fingerprint density at radius 2 is 2.06 bits per heavy atom. The van der Waals surface area contributed by atoms with Gasteiger partial charge in [-0.1, -0.05) is 19.8 Å². The molecular formula is C14H27NO3. The van der Waals surface area contributed by atoms with Crippen molar-refractivity contribution in [1.82, 2.24) is 5.32 Å². The van der Waals surface area contributed by atoms with Gasteiger partial charge < -0.3 is 15.2 Å². The minimum atomic E-state index is -0.765. The monoisotopic (exact) mass is 257 g/mol. The normalized spacial score (nSPS) is 20.6. The van der Waals surface area contributed by atoms with Crippen molar-refractivity contribution in [1.29, 1.82) is 0 Å². The Morgan fingerprint density at radius 3 is 2.61 bits per heavy atom. The molecule has 0 aromatic heterocycles. The molecule has 0 aromatic carbocycles. The van der Waals surface area contributed by atoms with E-state index < -0.39 is 11.5 Å². The number of aliphatic carboxylic acids is 1. The van der Waals surface area contributed by atoms with E-state index in [0.717, 1.165) is 32.1 Å². The van der Waals surface area contributed by atoms with Crippen LogP contribution in [0.25, 0.3) is 0 Å². The molecule has 0 amide bonds. The maximum atomic E-state index is 11.1. The minimum Gasteiger partial charge on any atom is -0.480 e. The molecule has 1 rings (SSSR count). The Kier molecular flexibility index (Phi) is 6.65. The molecule has 0 bridgehead atoms. The quantitative estimate of drug-likeness (QED) is 0.656. The molecule has 0 radical (unpaired) electrons. The molecular weight excluding hydrogens is 230 g/mol. The summed E-state index contributed by atoms with van der Waals surface area (Å²) in [4.78, 5) is 11.1. The van der Waals surface area contributed by atoms with Crippen molar-refractivity contribution < 1.29 is 14.6 Å². The summed E-state index contributed by atoms with van der Waals surface area (Å²) in [5, 5.41) is 12.3. The van der Waals surface area contributed by atoms with Crippen LogP contribution in [0.5, 0.6) is 0 Å². The zero-order valence-electron chi connectivity index (χ0n) is 11.7. The summed E-state index contributed by atoms with van der Waals surface area (Å²) in [6.07, 6.45) is 6.48. The standard InChI is InChI=1S/C14H27NO3/c1-3-14(2,13(16)17)15-9-5-4-6-12-7-10-18-11-8-12/h12,15H,3-11H2,1-2H3,(H,16,17). The molecule has 4 heteroatoms. The number of carboxylic acids is 1. The molecule has 1 saturated heterocycles. The summed E-state index contributed by atoms with van der Waals surface area (Å²) < 4.78 is 5.34. The first kappa shape index (κ1) is 15.4. The highest BCUT2D eigenvalue weighted by Crippen LogP contribution is 2.20. The van der Waals surface area contributed by atoms with E-state index in [9.17, 15) is 4.79 Å². The van der Waals surface area contributed by atoms with Crippen LogP contribution in [0.1, 0.15) is 52.4 Å². The van der Waals surface area contributed by atoms with Gasteiger partial charge in [0.2, 0.25) is 0 Å². The fourth-order valence-electron chi connectivity index (χ4n) is 2.31. The van der Waals surface area contributed by atoms with Crippen molar-refractivity contribution in [2.24, 2.45) is 5.92 Å². The predicted octanol–water partition coefficient (Wildman–Crippen LogP) is 2.43. The van der Waals surface area contributed by atoms with Crippen molar-refractivity contribution in [2.75, 3.05) is 19.8 Å². The van der Waals surface area contributed by atoms with Gasteiger partial charge in [-0.2, -0.15) is 0 Å². The van der Waals surface area contributed by atoms with Crippen LogP contribution >= 0.6 is 0 Å². The maximum absolute atomic E-state index is 11.1. The highest BCUT2D eigenvalue weighted by Gasteiger charge is 2.29. The van der Waals surface area contributed by atoms with E-state index in [1.54, 1.807) is 6.92 Å². The third kappa shape index (κ3) is 4.94. The van der Waals surface area contributed by atoms with E-state index in [1.807, 2.05) is 6.92 Å². The number of unbranched alkanes of at least 4 members (excludes halogenated alkanes) is 1. The molecule has 1 unspecified atom stereocenters. The van der Waals surface area contributed by atoms with Crippen molar-refractivity contribution in [3.8, 4) is 0 Å². The summed E-state index contributed by atoms with van der Waals surface area (Å²) in [5.74, 6) is 0.0604. The summed E-state index contributed by atoms with van der Waals surface area (Å²) >= 11 is 0. The second-order valence-electron chi connectivity index (χ2n) is 5.47. The van der Waals surface area contributed by atoms with E-state index in [1.165, 1.54) is 25.7 Å². The average Bonchev–Trinajstić information content (AvgIpc) is 2.39. The SMILES string of the molecule is CCC(C)(NCCCCC1CCOCC1)C(=O)O. The number of carbonyl (C=O) groups is 1. The van der Waals surface area contributed by atoms with Gasteiger partial charge in [0, 0.05) is 13.2 Å². The van der Waals surface area contributed by atoms with E-state index in [4.69, 9.17) is 9.84 Å². The molecule has 18 heavy (non-hydrogen) atoms. The highest BCUT2D eigenvalue weighted by molar-refractivity contribution is 5.78. The van der Waals surface area contributed by atoms with Gasteiger partial charge in [0.25, 0.3) is 0 Å². The van der Waals surface area contributed by atoms with Crippen molar-refractivity contribution >= 4 is 5.97 Å². The maximum Gasteiger partial charge on any atom is 0.323 e. The lowest BCUT2D eigenvalue weighted by Gasteiger charge is -2.25. The average molecular weight is 257 g/mol. The molecule has 1 heterocycles. The number of ether oxygens (including phenoxy) is 1. The van der Waals surface area contributed by atoms with E-state index in [2.05, 4.69) is 5.32 Å². The molecule has 2 N–H and O–H groups in total. The fourth-order valence-corrected chi connectivity index (χ4v) is 2.31. The molecule has 0 saturated carbocycles. The first-order valence-corrected chi connectivity index (χ1v) is 7.14. The van der Waals surface area contributed by atoms with Gasteiger partial charge in [-0.25, -0.2) is 0 Å². The lowest BCUT2D eigenvalue weighted by molar-refractivity contribution is -0.144. The van der Waals surface area contributed by atoms with Crippen molar-refractivity contribution in [3.05, 3.63) is 0 Å². The molecule has 4 nitrogen and oxygen atoms in total. The molecule has 1 atom stereocenters. The molecule has 1 aliphatic rings. The first-order valence-electron chi connectivity index (χ1n) is 7.14. The van der Waals surface area contributed by atoms with Crippen molar-refractivity contribution in [3.63, 3.8) is 0 Å². The number of carboxylic acid groups (broad SMARTS) is 1. The van der Waals surface area contributed by atoms with E-state index in [0.29, 0.717) is 6.42 Å². The third-order valence-electron chi connectivity index (χ3n) is 4.07. The zero-order valence-corrected chi connectivity index (χ0v) is 11.7. The lowest BCUT2D eigenvalue weighted by atomic mass is 9.94. The van der Waals surface area contributed by atoms with Gasteiger partial charge in [0.15, 0.2) is 0 Å². The second kappa shape index (κ2) is 7.74. The number of nitrogens with one attached hydrogen (secondary N) is 1. The van der Waals surface area contributed by atoms with Crippen LogP contribution in [0.2, 0.25) is 0 Å². The van der Waals surface area contributed by atoms with Crippen LogP contribution in [0.3, 0.4) is 0 Å². The molecule has 106 valence electrons. The van der Waals surface area contributed by atoms with Crippen molar-refractivity contribution in [2.45, 2.75) is 57.9 Å². The van der Waals surface area contributed by atoms with Gasteiger partial charge >= 0.3 is 5.97 Å². The number of hydrogen-bond acceptors (Lipinski definition) is 3. The van der Waals surface area contributed by atoms with Crippen LogP contribution in [-0.2, 0) is 9.53 Å². The lowest BCUT2D eigenvalue weighted by Crippen LogP contribution is -2.49. The van der Waals surface area contributed by atoms with Gasteiger partial charge in [-0.15, -0.1) is 0 Å². The van der Waals surface area contributed by atoms with E-state index >= 15 is 0 Å². The highest BCUT2D eigenvalue weighted by atomic mass is 16.5. The zero-order chi connectivity index (χ0) is 13.4. The Bertz CT molecular complexity index is 251. The predicted molar refractivity (Wildman–Crippen MR) is 71.7 cm³/mol.